The van der Waals surface area contributed by atoms with Gasteiger partial charge in [-0.3, -0.25) is 9.48 Å². The fraction of sp³-hybridized carbons (Fsp3) is 0.417. The number of anilines is 1. The van der Waals surface area contributed by atoms with Crippen LogP contribution in [0, 0.1) is 0 Å². The first-order chi connectivity index (χ1) is 9.15. The van der Waals surface area contributed by atoms with E-state index in [9.17, 15) is 9.59 Å². The molecule has 102 valence electrons. The van der Waals surface area contributed by atoms with E-state index in [1.165, 1.54) is 0 Å². The molecule has 1 aliphatic rings. The van der Waals surface area contributed by atoms with Crippen LogP contribution >= 0.6 is 0 Å². The van der Waals surface area contributed by atoms with Gasteiger partial charge in [-0.2, -0.15) is 5.10 Å². The number of nitrogens with zero attached hydrogens (tertiary/aromatic N) is 2. The first-order valence-electron chi connectivity index (χ1n) is 5.99. The van der Waals surface area contributed by atoms with Crippen LogP contribution in [0.5, 0.6) is 0 Å². The maximum Gasteiger partial charge on any atom is 0.328 e. The highest BCUT2D eigenvalue weighted by Gasteiger charge is 2.16. The average Bonchev–Trinajstić information content (AvgIpc) is 2.86. The van der Waals surface area contributed by atoms with Gasteiger partial charge in [0.25, 0.3) is 0 Å². The molecule has 0 atom stereocenters. The number of hydrogen-bond donors (Lipinski definition) is 2. The van der Waals surface area contributed by atoms with Crippen molar-refractivity contribution < 1.29 is 19.4 Å². The zero-order chi connectivity index (χ0) is 13.7. The molecule has 0 aromatic carbocycles. The summed E-state index contributed by atoms with van der Waals surface area (Å²) in [7, 11) is 0. The van der Waals surface area contributed by atoms with Gasteiger partial charge in [0.15, 0.2) is 0 Å². The van der Waals surface area contributed by atoms with Crippen LogP contribution in [0.25, 0.3) is 0 Å². The summed E-state index contributed by atoms with van der Waals surface area (Å²) >= 11 is 0. The first kappa shape index (κ1) is 13.3. The number of nitrogens with one attached hydrogen (secondary N) is 1. The molecule has 7 nitrogen and oxygen atoms in total. The van der Waals surface area contributed by atoms with Gasteiger partial charge in [0, 0.05) is 31.6 Å². The number of aliphatic carboxylic acids is 1. The Bertz CT molecular complexity index is 489. The molecule has 0 radical (unpaired) electrons. The zero-order valence-electron chi connectivity index (χ0n) is 10.3. The van der Waals surface area contributed by atoms with Crippen molar-refractivity contribution >= 4 is 17.6 Å². The Morgan fingerprint density at radius 1 is 1.42 bits per heavy atom. The summed E-state index contributed by atoms with van der Waals surface area (Å²) in [6.07, 6.45) is 6.83. The molecule has 1 amide bonds. The smallest absolute Gasteiger partial charge is 0.328 e. The topological polar surface area (TPSA) is 93.5 Å². The van der Waals surface area contributed by atoms with Crippen molar-refractivity contribution in [2.45, 2.75) is 18.9 Å². The van der Waals surface area contributed by atoms with Crippen molar-refractivity contribution in [3.8, 4) is 0 Å². The lowest BCUT2D eigenvalue weighted by atomic mass is 10.1. The highest BCUT2D eigenvalue weighted by Crippen LogP contribution is 2.21. The Morgan fingerprint density at radius 2 is 2.16 bits per heavy atom. The van der Waals surface area contributed by atoms with Crippen LogP contribution in [0.1, 0.15) is 18.9 Å². The molecule has 1 aliphatic heterocycles. The molecule has 19 heavy (non-hydrogen) atoms. The van der Waals surface area contributed by atoms with Gasteiger partial charge in [-0.25, -0.2) is 4.79 Å². The number of rotatable bonds is 4. The van der Waals surface area contributed by atoms with Gasteiger partial charge >= 0.3 is 5.97 Å². The van der Waals surface area contributed by atoms with Gasteiger partial charge in [0.05, 0.1) is 17.9 Å². The number of ether oxygens (including phenoxy) is 1. The molecule has 0 unspecified atom stereocenters. The van der Waals surface area contributed by atoms with E-state index in [4.69, 9.17) is 9.84 Å². The molecule has 2 N–H and O–H groups in total. The van der Waals surface area contributed by atoms with Crippen LogP contribution in [0.2, 0.25) is 0 Å². The molecule has 0 bridgehead atoms. The number of carbonyl (C=O) groups is 2. The van der Waals surface area contributed by atoms with Gasteiger partial charge in [0.2, 0.25) is 5.91 Å². The molecule has 7 heteroatoms. The van der Waals surface area contributed by atoms with Crippen molar-refractivity contribution in [1.29, 1.82) is 0 Å². The third-order valence-corrected chi connectivity index (χ3v) is 2.81. The standard InChI is InChI=1S/C12H15N3O4/c16-11(1-2-12(17)18)14-9-7-13-15(8-9)10-3-5-19-6-4-10/h1-2,7-8,10H,3-6H2,(H,14,16)(H,17,18)/b2-1+. The third-order valence-electron chi connectivity index (χ3n) is 2.81. The maximum atomic E-state index is 11.4. The summed E-state index contributed by atoms with van der Waals surface area (Å²) < 4.78 is 7.08. The fourth-order valence-corrected chi connectivity index (χ4v) is 1.88. The largest absolute Gasteiger partial charge is 0.478 e. The molecule has 2 rings (SSSR count). The van der Waals surface area contributed by atoms with E-state index < -0.39 is 11.9 Å². The minimum Gasteiger partial charge on any atom is -0.478 e. The van der Waals surface area contributed by atoms with Gasteiger partial charge in [-0.05, 0) is 12.8 Å². The van der Waals surface area contributed by atoms with Crippen LogP contribution in [-0.4, -0.2) is 40.0 Å². The van der Waals surface area contributed by atoms with Crippen molar-refractivity contribution in [3.05, 3.63) is 24.5 Å². The van der Waals surface area contributed by atoms with Crippen molar-refractivity contribution in [1.82, 2.24) is 9.78 Å². The molecule has 1 saturated heterocycles. The fourth-order valence-electron chi connectivity index (χ4n) is 1.88. The lowest BCUT2D eigenvalue weighted by Crippen LogP contribution is -2.19. The van der Waals surface area contributed by atoms with E-state index in [1.807, 2.05) is 0 Å². The van der Waals surface area contributed by atoms with Gasteiger partial charge < -0.3 is 15.2 Å². The number of carboxylic acids is 1. The quantitative estimate of drug-likeness (QED) is 0.786. The predicted octanol–water partition coefficient (Wildman–Crippen LogP) is 0.814. The minimum atomic E-state index is -1.16. The molecule has 0 aliphatic carbocycles. The van der Waals surface area contributed by atoms with E-state index >= 15 is 0 Å². The predicted molar refractivity (Wildman–Crippen MR) is 66.7 cm³/mol. The van der Waals surface area contributed by atoms with E-state index in [1.54, 1.807) is 17.1 Å². The monoisotopic (exact) mass is 265 g/mol. The number of hydrogen-bond acceptors (Lipinski definition) is 4. The summed E-state index contributed by atoms with van der Waals surface area (Å²) in [5, 5.41) is 15.2. The SMILES string of the molecule is O=C(O)/C=C/C(=O)Nc1cnn(C2CCOCC2)c1. The Balaban J connectivity index is 1.93. The Labute approximate surface area is 109 Å². The van der Waals surface area contributed by atoms with E-state index in [2.05, 4.69) is 10.4 Å². The van der Waals surface area contributed by atoms with Crippen LogP contribution in [0.4, 0.5) is 5.69 Å². The number of carboxylic acid groups (broad SMARTS) is 1. The molecule has 1 aromatic rings. The lowest BCUT2D eigenvalue weighted by Gasteiger charge is -2.22. The normalized spacial score (nSPS) is 16.6. The Hall–Kier alpha value is -2.15. The summed E-state index contributed by atoms with van der Waals surface area (Å²) in [5.41, 5.74) is 0.548. The molecule has 1 fully saturated rings. The summed E-state index contributed by atoms with van der Waals surface area (Å²) in [5.74, 6) is -1.65. The van der Waals surface area contributed by atoms with E-state index in [0.717, 1.165) is 25.0 Å². The minimum absolute atomic E-state index is 0.286. The van der Waals surface area contributed by atoms with E-state index in [0.29, 0.717) is 18.9 Å². The molecular weight excluding hydrogens is 250 g/mol. The van der Waals surface area contributed by atoms with Crippen LogP contribution in [0.15, 0.2) is 24.5 Å². The van der Waals surface area contributed by atoms with Crippen LogP contribution in [0.3, 0.4) is 0 Å². The second-order valence-corrected chi connectivity index (χ2v) is 4.21. The van der Waals surface area contributed by atoms with Gasteiger partial charge in [0.1, 0.15) is 0 Å². The zero-order valence-corrected chi connectivity index (χ0v) is 10.3. The van der Waals surface area contributed by atoms with Crippen molar-refractivity contribution in [2.24, 2.45) is 0 Å². The molecule has 0 saturated carbocycles. The van der Waals surface area contributed by atoms with Crippen molar-refractivity contribution in [2.75, 3.05) is 18.5 Å². The highest BCUT2D eigenvalue weighted by atomic mass is 16.5. The number of carbonyl (C=O) groups excluding carboxylic acids is 1. The summed E-state index contributed by atoms with van der Waals surface area (Å²) in [6.45, 7) is 1.43. The lowest BCUT2D eigenvalue weighted by molar-refractivity contribution is -0.131. The van der Waals surface area contributed by atoms with Crippen molar-refractivity contribution in [3.63, 3.8) is 0 Å². The molecular formula is C12H15N3O4. The van der Waals surface area contributed by atoms with Gasteiger partial charge in [-0.1, -0.05) is 0 Å². The maximum absolute atomic E-state index is 11.4. The average molecular weight is 265 g/mol. The molecule has 2 heterocycles. The van der Waals surface area contributed by atoms with Gasteiger partial charge in [-0.15, -0.1) is 0 Å². The number of amides is 1. The van der Waals surface area contributed by atoms with Crippen LogP contribution < -0.4 is 5.32 Å². The highest BCUT2D eigenvalue weighted by molar-refractivity contribution is 6.02. The molecule has 0 spiro atoms. The van der Waals surface area contributed by atoms with E-state index in [-0.39, 0.29) is 6.04 Å². The molecule has 1 aromatic heterocycles. The van der Waals surface area contributed by atoms with Crippen LogP contribution in [-0.2, 0) is 14.3 Å². The second kappa shape index (κ2) is 6.14. The Kier molecular flexibility index (Phi) is 4.30. The number of aromatic nitrogens is 2. The first-order valence-corrected chi connectivity index (χ1v) is 5.99. The Morgan fingerprint density at radius 3 is 2.84 bits per heavy atom. The summed E-state index contributed by atoms with van der Waals surface area (Å²) in [6, 6.07) is 0.286. The summed E-state index contributed by atoms with van der Waals surface area (Å²) in [4.78, 5) is 21.7. The third kappa shape index (κ3) is 3.92. The second-order valence-electron chi connectivity index (χ2n) is 4.21.